The number of fused-ring (bicyclic) bond motifs is 1. The van der Waals surface area contributed by atoms with Crippen molar-refractivity contribution in [2.24, 2.45) is 7.05 Å². The predicted octanol–water partition coefficient (Wildman–Crippen LogP) is 2.62. The first kappa shape index (κ1) is 13.8. The van der Waals surface area contributed by atoms with Crippen molar-refractivity contribution < 1.29 is 4.74 Å². The zero-order valence-electron chi connectivity index (χ0n) is 12.1. The summed E-state index contributed by atoms with van der Waals surface area (Å²) in [5, 5.41) is 6.57. The highest BCUT2D eigenvalue weighted by atomic mass is 32.1. The lowest BCUT2D eigenvalue weighted by Crippen LogP contribution is -2.35. The van der Waals surface area contributed by atoms with Crippen LogP contribution in [0.15, 0.2) is 23.7 Å². The van der Waals surface area contributed by atoms with Gasteiger partial charge in [0, 0.05) is 49.6 Å². The molecular weight excluding hydrogens is 270 g/mol. The van der Waals surface area contributed by atoms with Crippen molar-refractivity contribution in [1.82, 2.24) is 14.7 Å². The number of rotatable bonds is 5. The van der Waals surface area contributed by atoms with E-state index >= 15 is 0 Å². The van der Waals surface area contributed by atoms with Crippen LogP contribution in [0.25, 0.3) is 0 Å². The van der Waals surface area contributed by atoms with E-state index in [-0.39, 0.29) is 0 Å². The van der Waals surface area contributed by atoms with Crippen LogP contribution in [0.5, 0.6) is 0 Å². The Morgan fingerprint density at radius 3 is 3.15 bits per heavy atom. The quantitative estimate of drug-likeness (QED) is 0.848. The number of thiophene rings is 1. The van der Waals surface area contributed by atoms with Crippen LogP contribution in [0.2, 0.25) is 0 Å². The van der Waals surface area contributed by atoms with Crippen LogP contribution in [0.1, 0.15) is 29.0 Å². The SMILES string of the molecule is CCOCC1CN(Cc2cccs2)Cc2c1cnn2C. The summed E-state index contributed by atoms with van der Waals surface area (Å²) in [6.45, 7) is 6.66. The lowest BCUT2D eigenvalue weighted by atomic mass is 9.95. The Morgan fingerprint density at radius 2 is 2.40 bits per heavy atom. The second-order valence-electron chi connectivity index (χ2n) is 5.28. The molecule has 1 aliphatic rings. The Bertz CT molecular complexity index is 549. The maximum Gasteiger partial charge on any atom is 0.0557 e. The molecule has 20 heavy (non-hydrogen) atoms. The van der Waals surface area contributed by atoms with E-state index in [1.54, 1.807) is 0 Å². The van der Waals surface area contributed by atoms with Crippen molar-refractivity contribution in [1.29, 1.82) is 0 Å². The first-order valence-electron chi connectivity index (χ1n) is 7.11. The normalized spacial score (nSPS) is 19.2. The molecule has 0 saturated carbocycles. The Balaban J connectivity index is 1.77. The average molecular weight is 291 g/mol. The fourth-order valence-corrected chi connectivity index (χ4v) is 3.59. The molecular formula is C15H21N3OS. The third-order valence-corrected chi connectivity index (χ3v) is 4.73. The van der Waals surface area contributed by atoms with E-state index in [0.717, 1.165) is 32.8 Å². The van der Waals surface area contributed by atoms with Gasteiger partial charge in [-0.2, -0.15) is 5.10 Å². The van der Waals surface area contributed by atoms with Gasteiger partial charge >= 0.3 is 0 Å². The molecule has 0 fully saturated rings. The van der Waals surface area contributed by atoms with Crippen molar-refractivity contribution in [2.45, 2.75) is 25.9 Å². The summed E-state index contributed by atoms with van der Waals surface area (Å²) in [4.78, 5) is 3.92. The number of hydrogen-bond acceptors (Lipinski definition) is 4. The lowest BCUT2D eigenvalue weighted by molar-refractivity contribution is 0.104. The molecule has 0 spiro atoms. The third kappa shape index (κ3) is 2.80. The molecule has 1 unspecified atom stereocenters. The fraction of sp³-hybridized carbons (Fsp3) is 0.533. The van der Waals surface area contributed by atoms with Gasteiger partial charge in [-0.15, -0.1) is 11.3 Å². The van der Waals surface area contributed by atoms with E-state index in [9.17, 15) is 0 Å². The molecule has 0 N–H and O–H groups in total. The maximum absolute atomic E-state index is 5.66. The van der Waals surface area contributed by atoms with Crippen LogP contribution in [0.4, 0.5) is 0 Å². The molecule has 5 heteroatoms. The summed E-state index contributed by atoms with van der Waals surface area (Å²) in [6, 6.07) is 4.33. The summed E-state index contributed by atoms with van der Waals surface area (Å²) in [7, 11) is 2.03. The largest absolute Gasteiger partial charge is 0.381 e. The molecule has 0 amide bonds. The minimum Gasteiger partial charge on any atom is -0.381 e. The highest BCUT2D eigenvalue weighted by molar-refractivity contribution is 7.09. The summed E-state index contributed by atoms with van der Waals surface area (Å²) in [5.74, 6) is 0.437. The van der Waals surface area contributed by atoms with Crippen molar-refractivity contribution in [2.75, 3.05) is 19.8 Å². The molecule has 3 heterocycles. The van der Waals surface area contributed by atoms with Gasteiger partial charge in [0.2, 0.25) is 0 Å². The van der Waals surface area contributed by atoms with E-state index in [1.165, 1.54) is 16.1 Å². The molecule has 4 nitrogen and oxygen atoms in total. The number of hydrogen-bond donors (Lipinski definition) is 0. The molecule has 0 bridgehead atoms. The first-order chi connectivity index (χ1) is 9.78. The van der Waals surface area contributed by atoms with Crippen molar-refractivity contribution >= 4 is 11.3 Å². The number of ether oxygens (including phenoxy) is 1. The minimum absolute atomic E-state index is 0.437. The van der Waals surface area contributed by atoms with Gasteiger partial charge in [-0.05, 0) is 18.4 Å². The van der Waals surface area contributed by atoms with Crippen molar-refractivity contribution in [3.8, 4) is 0 Å². The molecule has 2 aromatic rings. The number of nitrogens with zero attached hydrogens (tertiary/aromatic N) is 3. The van der Waals surface area contributed by atoms with Crippen LogP contribution in [0.3, 0.4) is 0 Å². The Kier molecular flexibility index (Phi) is 4.19. The average Bonchev–Trinajstić information content (AvgIpc) is 3.07. The standard InChI is InChI=1S/C15H21N3OS/c1-3-19-11-12-8-18(9-13-5-4-6-20-13)10-15-14(12)7-16-17(15)2/h4-7,12H,3,8-11H2,1-2H3. The van der Waals surface area contributed by atoms with Gasteiger partial charge in [-0.25, -0.2) is 0 Å². The zero-order chi connectivity index (χ0) is 13.9. The lowest BCUT2D eigenvalue weighted by Gasteiger charge is -2.32. The van der Waals surface area contributed by atoms with E-state index in [0.29, 0.717) is 5.92 Å². The smallest absolute Gasteiger partial charge is 0.0557 e. The van der Waals surface area contributed by atoms with E-state index in [2.05, 4.69) is 34.4 Å². The summed E-state index contributed by atoms with van der Waals surface area (Å²) >= 11 is 1.83. The monoisotopic (exact) mass is 291 g/mol. The molecule has 1 aliphatic heterocycles. The van der Waals surface area contributed by atoms with E-state index in [1.807, 2.05) is 29.3 Å². The molecule has 0 aromatic carbocycles. The minimum atomic E-state index is 0.437. The van der Waals surface area contributed by atoms with Gasteiger partial charge in [0.1, 0.15) is 0 Å². The fourth-order valence-electron chi connectivity index (χ4n) is 2.85. The zero-order valence-corrected chi connectivity index (χ0v) is 12.9. The highest BCUT2D eigenvalue weighted by Crippen LogP contribution is 2.29. The number of aryl methyl sites for hydroxylation is 1. The maximum atomic E-state index is 5.66. The Morgan fingerprint density at radius 1 is 1.50 bits per heavy atom. The molecule has 0 radical (unpaired) electrons. The Hall–Kier alpha value is -1.17. The van der Waals surface area contributed by atoms with Crippen molar-refractivity contribution in [3.05, 3.63) is 39.8 Å². The van der Waals surface area contributed by atoms with Crippen LogP contribution in [0, 0.1) is 0 Å². The third-order valence-electron chi connectivity index (χ3n) is 3.87. The van der Waals surface area contributed by atoms with Gasteiger partial charge in [0.15, 0.2) is 0 Å². The first-order valence-corrected chi connectivity index (χ1v) is 7.99. The van der Waals surface area contributed by atoms with Crippen LogP contribution >= 0.6 is 11.3 Å². The van der Waals surface area contributed by atoms with Crippen molar-refractivity contribution in [3.63, 3.8) is 0 Å². The molecule has 1 atom stereocenters. The van der Waals surface area contributed by atoms with E-state index in [4.69, 9.17) is 4.74 Å². The Labute approximate surface area is 124 Å². The van der Waals surface area contributed by atoms with Crippen LogP contribution in [-0.4, -0.2) is 34.4 Å². The molecule has 0 saturated heterocycles. The summed E-state index contributed by atoms with van der Waals surface area (Å²) in [6.07, 6.45) is 2.02. The topological polar surface area (TPSA) is 30.3 Å². The summed E-state index contributed by atoms with van der Waals surface area (Å²) < 4.78 is 7.67. The molecule has 108 valence electrons. The van der Waals surface area contributed by atoms with Gasteiger partial charge < -0.3 is 4.74 Å². The highest BCUT2D eigenvalue weighted by Gasteiger charge is 2.28. The second-order valence-corrected chi connectivity index (χ2v) is 6.31. The number of aromatic nitrogens is 2. The van der Waals surface area contributed by atoms with E-state index < -0.39 is 0 Å². The molecule has 3 rings (SSSR count). The van der Waals surface area contributed by atoms with Gasteiger partial charge in [0.25, 0.3) is 0 Å². The van der Waals surface area contributed by atoms with Gasteiger partial charge in [-0.3, -0.25) is 9.58 Å². The van der Waals surface area contributed by atoms with Gasteiger partial charge in [0.05, 0.1) is 18.5 Å². The predicted molar refractivity (Wildman–Crippen MR) is 80.9 cm³/mol. The molecule has 2 aromatic heterocycles. The molecule has 0 aliphatic carbocycles. The van der Waals surface area contributed by atoms with Crippen LogP contribution in [-0.2, 0) is 24.9 Å². The summed E-state index contributed by atoms with van der Waals surface area (Å²) in [5.41, 5.74) is 2.70. The van der Waals surface area contributed by atoms with Crippen LogP contribution < -0.4 is 0 Å². The second kappa shape index (κ2) is 6.08. The van der Waals surface area contributed by atoms with Gasteiger partial charge in [-0.1, -0.05) is 6.07 Å².